The predicted octanol–water partition coefficient (Wildman–Crippen LogP) is 1.35. The van der Waals surface area contributed by atoms with Crippen molar-refractivity contribution in [3.8, 4) is 5.75 Å². The summed E-state index contributed by atoms with van der Waals surface area (Å²) in [5.74, 6) is -1.00. The molecule has 120 valence electrons. The molecule has 3 N–H and O–H groups in total. The van der Waals surface area contributed by atoms with Gasteiger partial charge in [-0.3, -0.25) is 9.69 Å². The van der Waals surface area contributed by atoms with Crippen LogP contribution in [0.4, 0.5) is 0 Å². The molecule has 22 heavy (non-hydrogen) atoms. The molecule has 1 aliphatic rings. The summed E-state index contributed by atoms with van der Waals surface area (Å²) in [7, 11) is 0. The molecule has 1 heterocycles. The summed E-state index contributed by atoms with van der Waals surface area (Å²) < 4.78 is 5.61. The highest BCUT2D eigenvalue weighted by molar-refractivity contribution is 5.90. The lowest BCUT2D eigenvalue weighted by Crippen LogP contribution is -2.47. The van der Waals surface area contributed by atoms with Crippen molar-refractivity contribution in [3.05, 3.63) is 29.8 Å². The third-order valence-corrected chi connectivity index (χ3v) is 4.17. The van der Waals surface area contributed by atoms with Crippen LogP contribution in [0.15, 0.2) is 24.3 Å². The van der Waals surface area contributed by atoms with Gasteiger partial charge in [-0.25, -0.2) is 4.79 Å². The number of nitrogens with zero attached hydrogens (tertiary/aromatic N) is 1. The average molecular weight is 306 g/mol. The zero-order valence-electron chi connectivity index (χ0n) is 12.7. The minimum atomic E-state index is -1.00. The van der Waals surface area contributed by atoms with E-state index in [1.54, 1.807) is 18.2 Å². The number of primary amides is 1. The Hall–Kier alpha value is -2.08. The van der Waals surface area contributed by atoms with E-state index < -0.39 is 5.97 Å². The highest BCUT2D eigenvalue weighted by Crippen LogP contribution is 2.22. The average Bonchev–Trinajstić information content (AvgIpc) is 2.49. The number of para-hydroxylation sites is 1. The van der Waals surface area contributed by atoms with Crippen molar-refractivity contribution in [2.24, 2.45) is 11.7 Å². The van der Waals surface area contributed by atoms with Gasteiger partial charge in [0, 0.05) is 19.1 Å². The van der Waals surface area contributed by atoms with Crippen LogP contribution >= 0.6 is 0 Å². The van der Waals surface area contributed by atoms with Crippen LogP contribution in [0.3, 0.4) is 0 Å². The summed E-state index contributed by atoms with van der Waals surface area (Å²) >= 11 is 0. The highest BCUT2D eigenvalue weighted by atomic mass is 16.5. The smallest absolute Gasteiger partial charge is 0.339 e. The lowest BCUT2D eigenvalue weighted by atomic mass is 9.93. The number of aromatic carboxylic acids is 1. The molecule has 0 radical (unpaired) electrons. The zero-order valence-corrected chi connectivity index (χ0v) is 12.7. The topological polar surface area (TPSA) is 92.9 Å². The summed E-state index contributed by atoms with van der Waals surface area (Å²) in [6.07, 6.45) is 1.76. The van der Waals surface area contributed by atoms with Crippen LogP contribution in [0.1, 0.15) is 30.1 Å². The number of benzene rings is 1. The molecule has 1 amide bonds. The van der Waals surface area contributed by atoms with Crippen molar-refractivity contribution in [2.45, 2.75) is 25.8 Å². The SMILES string of the molecule is C[C@H]1CC[C@H](C(N)=O)CN1CCOc1ccccc1C(=O)O. The molecule has 0 saturated carbocycles. The second-order valence-corrected chi connectivity index (χ2v) is 5.67. The van der Waals surface area contributed by atoms with Crippen molar-refractivity contribution in [3.63, 3.8) is 0 Å². The lowest BCUT2D eigenvalue weighted by molar-refractivity contribution is -0.124. The summed E-state index contributed by atoms with van der Waals surface area (Å²) in [4.78, 5) is 24.6. The van der Waals surface area contributed by atoms with Crippen LogP contribution < -0.4 is 10.5 Å². The summed E-state index contributed by atoms with van der Waals surface area (Å²) in [5, 5.41) is 9.11. The molecule has 0 bridgehead atoms. The third kappa shape index (κ3) is 3.98. The molecule has 2 atom stereocenters. The first-order valence-corrected chi connectivity index (χ1v) is 7.47. The van der Waals surface area contributed by atoms with Crippen LogP contribution in [-0.4, -0.2) is 47.6 Å². The fourth-order valence-corrected chi connectivity index (χ4v) is 2.77. The fourth-order valence-electron chi connectivity index (χ4n) is 2.77. The monoisotopic (exact) mass is 306 g/mol. The van der Waals surface area contributed by atoms with Crippen molar-refractivity contribution in [1.29, 1.82) is 0 Å². The Morgan fingerprint density at radius 3 is 2.77 bits per heavy atom. The molecule has 1 saturated heterocycles. The van der Waals surface area contributed by atoms with Gasteiger partial charge in [0.25, 0.3) is 0 Å². The minimum Gasteiger partial charge on any atom is -0.491 e. The Bertz CT molecular complexity index is 547. The third-order valence-electron chi connectivity index (χ3n) is 4.17. The van der Waals surface area contributed by atoms with Crippen LogP contribution in [0.2, 0.25) is 0 Å². The van der Waals surface area contributed by atoms with Gasteiger partial charge in [0.2, 0.25) is 5.91 Å². The molecule has 1 aromatic carbocycles. The molecule has 1 fully saturated rings. The van der Waals surface area contributed by atoms with E-state index >= 15 is 0 Å². The Labute approximate surface area is 129 Å². The normalized spacial score (nSPS) is 22.2. The highest BCUT2D eigenvalue weighted by Gasteiger charge is 2.28. The number of amides is 1. The quantitative estimate of drug-likeness (QED) is 0.827. The lowest BCUT2D eigenvalue weighted by Gasteiger charge is -2.36. The molecular weight excluding hydrogens is 284 g/mol. The van der Waals surface area contributed by atoms with Gasteiger partial charge in [-0.1, -0.05) is 12.1 Å². The molecule has 0 spiro atoms. The molecule has 0 unspecified atom stereocenters. The maximum atomic E-state index is 11.3. The van der Waals surface area contributed by atoms with Gasteiger partial charge in [-0.15, -0.1) is 0 Å². The van der Waals surface area contributed by atoms with E-state index in [4.69, 9.17) is 15.6 Å². The van der Waals surface area contributed by atoms with E-state index in [0.717, 1.165) is 12.8 Å². The van der Waals surface area contributed by atoms with Gasteiger partial charge in [0.15, 0.2) is 0 Å². The van der Waals surface area contributed by atoms with Gasteiger partial charge in [0.1, 0.15) is 17.9 Å². The maximum Gasteiger partial charge on any atom is 0.339 e. The van der Waals surface area contributed by atoms with Gasteiger partial charge in [-0.2, -0.15) is 0 Å². The van der Waals surface area contributed by atoms with Crippen molar-refractivity contribution in [2.75, 3.05) is 19.7 Å². The van der Waals surface area contributed by atoms with E-state index in [0.29, 0.717) is 31.5 Å². The van der Waals surface area contributed by atoms with Crippen LogP contribution in [-0.2, 0) is 4.79 Å². The summed E-state index contributed by atoms with van der Waals surface area (Å²) in [5.41, 5.74) is 5.54. The first kappa shape index (κ1) is 16.3. The summed E-state index contributed by atoms with van der Waals surface area (Å²) in [6, 6.07) is 6.95. The first-order valence-electron chi connectivity index (χ1n) is 7.47. The molecule has 1 aliphatic heterocycles. The number of likely N-dealkylation sites (tertiary alicyclic amines) is 1. The number of rotatable bonds is 6. The number of carboxylic acid groups (broad SMARTS) is 1. The number of hydrogen-bond donors (Lipinski definition) is 2. The van der Waals surface area contributed by atoms with Crippen molar-refractivity contribution < 1.29 is 19.4 Å². The second kappa shape index (κ2) is 7.26. The van der Waals surface area contributed by atoms with Gasteiger partial charge in [0.05, 0.1) is 5.92 Å². The van der Waals surface area contributed by atoms with E-state index in [-0.39, 0.29) is 17.4 Å². The van der Waals surface area contributed by atoms with E-state index in [2.05, 4.69) is 11.8 Å². The number of carbonyl (C=O) groups is 2. The number of carboxylic acids is 1. The Morgan fingerprint density at radius 2 is 2.09 bits per heavy atom. The standard InChI is InChI=1S/C16H22N2O4/c1-11-6-7-12(15(17)19)10-18(11)8-9-22-14-5-3-2-4-13(14)16(20)21/h2-5,11-12H,6-10H2,1H3,(H2,17,19)(H,20,21)/t11-,12-/m0/s1. The molecule has 1 aromatic rings. The molecule has 0 aliphatic carbocycles. The number of nitrogens with two attached hydrogens (primary N) is 1. The Balaban J connectivity index is 1.90. The van der Waals surface area contributed by atoms with E-state index in [9.17, 15) is 9.59 Å². The van der Waals surface area contributed by atoms with Crippen molar-refractivity contribution in [1.82, 2.24) is 4.90 Å². The second-order valence-electron chi connectivity index (χ2n) is 5.67. The first-order chi connectivity index (χ1) is 10.5. The Morgan fingerprint density at radius 1 is 1.36 bits per heavy atom. The van der Waals surface area contributed by atoms with Gasteiger partial charge >= 0.3 is 5.97 Å². The number of ether oxygens (including phenoxy) is 1. The number of hydrogen-bond acceptors (Lipinski definition) is 4. The Kier molecular flexibility index (Phi) is 5.38. The molecular formula is C16H22N2O4. The molecule has 6 heteroatoms. The number of piperidine rings is 1. The fraction of sp³-hybridized carbons (Fsp3) is 0.500. The van der Waals surface area contributed by atoms with E-state index in [1.807, 2.05) is 0 Å². The summed E-state index contributed by atoms with van der Waals surface area (Å²) in [6.45, 7) is 3.77. The largest absolute Gasteiger partial charge is 0.491 e. The van der Waals surface area contributed by atoms with Crippen LogP contribution in [0, 0.1) is 5.92 Å². The van der Waals surface area contributed by atoms with E-state index in [1.165, 1.54) is 6.07 Å². The molecule has 0 aromatic heterocycles. The van der Waals surface area contributed by atoms with Crippen LogP contribution in [0.25, 0.3) is 0 Å². The maximum absolute atomic E-state index is 11.3. The van der Waals surface area contributed by atoms with Gasteiger partial charge < -0.3 is 15.6 Å². The molecule has 6 nitrogen and oxygen atoms in total. The minimum absolute atomic E-state index is 0.109. The van der Waals surface area contributed by atoms with Crippen molar-refractivity contribution >= 4 is 11.9 Å². The van der Waals surface area contributed by atoms with Crippen LogP contribution in [0.5, 0.6) is 5.75 Å². The van der Waals surface area contributed by atoms with Gasteiger partial charge in [-0.05, 0) is 31.9 Å². The zero-order chi connectivity index (χ0) is 16.1. The number of carbonyl (C=O) groups excluding carboxylic acids is 1. The molecule has 2 rings (SSSR count). The predicted molar refractivity (Wildman–Crippen MR) is 81.8 cm³/mol.